The van der Waals surface area contributed by atoms with Crippen molar-refractivity contribution in [3.05, 3.63) is 0 Å². The Balaban J connectivity index is 1.23. The first-order chi connectivity index (χ1) is 26.2. The highest BCUT2D eigenvalue weighted by molar-refractivity contribution is 5.01. The summed E-state index contributed by atoms with van der Waals surface area (Å²) in [5.74, 6) is -0.861. The lowest BCUT2D eigenvalue weighted by Gasteiger charge is -2.50. The van der Waals surface area contributed by atoms with Crippen LogP contribution in [0.15, 0.2) is 0 Å². The van der Waals surface area contributed by atoms with Gasteiger partial charge < -0.3 is 104 Å². The predicted octanol–water partition coefficient (Wildman–Crippen LogP) is -6.94. The van der Waals surface area contributed by atoms with Crippen molar-refractivity contribution in [3.8, 4) is 0 Å². The van der Waals surface area contributed by atoms with Gasteiger partial charge in [0.2, 0.25) is 0 Å². The van der Waals surface area contributed by atoms with Crippen LogP contribution < -0.4 is 0 Å². The van der Waals surface area contributed by atoms with E-state index >= 15 is 0 Å². The van der Waals surface area contributed by atoms with Crippen molar-refractivity contribution in [2.24, 2.45) is 11.8 Å². The molecule has 22 atom stereocenters. The number of rotatable bonds is 11. The monoisotopic (exact) mass is 803 g/mol. The third kappa shape index (κ3) is 9.17. The van der Waals surface area contributed by atoms with Crippen molar-refractivity contribution in [1.82, 2.24) is 0 Å². The zero-order valence-electron chi connectivity index (χ0n) is 30.6. The fourth-order valence-corrected chi connectivity index (χ4v) is 8.93. The SMILES string of the molecule is COC1CC(C2[OH+]C3CC(O)CC(O[C@@H]4O[C@H](CO)[C@@H](O)[C@@H](O)[C@H]4O)C3CC2O[C@@H]2O[C@H](CO[C@H]3OC[C@@H](O)[C@@H](O)[C@H]3O)[C@@H](O)[C@@H](O)[C@H]2O)CC(OC)C1O. The average Bonchev–Trinajstić information content (AvgIpc) is 3.17. The van der Waals surface area contributed by atoms with E-state index in [-0.39, 0.29) is 31.8 Å². The van der Waals surface area contributed by atoms with E-state index in [0.717, 1.165) is 0 Å². The average molecular weight is 804 g/mol. The van der Waals surface area contributed by atoms with E-state index in [0.29, 0.717) is 12.8 Å². The van der Waals surface area contributed by atoms with Crippen LogP contribution >= 0.6 is 0 Å². The molecule has 0 aromatic carbocycles. The second-order valence-corrected chi connectivity index (χ2v) is 15.6. The Hall–Kier alpha value is -0.840. The maximum Gasteiger partial charge on any atom is 0.187 e. The number of hydrogen-bond donors (Lipinski definition) is 12. The first-order valence-corrected chi connectivity index (χ1v) is 18.9. The standard InChI is InChI=1S/C34H58O21/c1-47-17-3-11(4-18(48-2)23(17)39)31-19(53-34-30(46)27(43)25(41)21(55-34)10-50-32-28(44)22(38)14(37)9-49-32)7-13-15(51-31)5-12(36)6-16(13)52-33-29(45)26(42)24(40)20(8-35)54-33/h11-46H,3-10H2,1-2H3/p+1/t11?,12?,13?,14-,15?,16?,17?,18?,19?,20-,21-,22-,23?,24-,25-,26-,27-,28-,29-,30-,31?,32-,33-,34-/m1/s1. The molecule has 6 fully saturated rings. The van der Waals surface area contributed by atoms with Gasteiger partial charge in [-0.1, -0.05) is 0 Å². The van der Waals surface area contributed by atoms with Gasteiger partial charge in [-0.25, -0.2) is 0 Å². The van der Waals surface area contributed by atoms with Crippen LogP contribution in [0.3, 0.4) is 0 Å². The summed E-state index contributed by atoms with van der Waals surface area (Å²) in [5.41, 5.74) is 0. The van der Waals surface area contributed by atoms with E-state index in [1.54, 1.807) is 0 Å². The lowest BCUT2D eigenvalue weighted by Crippen LogP contribution is -2.64. The Kier molecular flexibility index (Phi) is 14.8. The van der Waals surface area contributed by atoms with Crippen LogP contribution in [0, 0.1) is 11.8 Å². The van der Waals surface area contributed by atoms with E-state index < -0.39 is 154 Å². The maximum atomic E-state index is 11.1. The normalized spacial score (nSPS) is 53.8. The molecule has 0 bridgehead atoms. The molecule has 4 aliphatic heterocycles. The Labute approximate surface area is 316 Å². The van der Waals surface area contributed by atoms with Gasteiger partial charge in [0.05, 0.1) is 50.2 Å². The van der Waals surface area contributed by atoms with Gasteiger partial charge in [-0.15, -0.1) is 0 Å². The molecule has 0 spiro atoms. The molecule has 55 heavy (non-hydrogen) atoms. The molecule has 8 unspecified atom stereocenters. The molecule has 21 heteroatoms. The molecule has 0 amide bonds. The number of hydrogen-bond acceptors (Lipinski definition) is 20. The van der Waals surface area contributed by atoms with Gasteiger partial charge in [0.15, 0.2) is 31.1 Å². The molecule has 0 aromatic heterocycles. The molecule has 4 saturated heterocycles. The van der Waals surface area contributed by atoms with Crippen molar-refractivity contribution < 1.29 is 104 Å². The van der Waals surface area contributed by atoms with Gasteiger partial charge in [-0.3, -0.25) is 0 Å². The van der Waals surface area contributed by atoms with Gasteiger partial charge in [-0.2, -0.15) is 0 Å². The Morgan fingerprint density at radius 3 is 1.73 bits per heavy atom. The maximum absolute atomic E-state index is 11.1. The molecular weight excluding hydrogens is 744 g/mol. The smallest absolute Gasteiger partial charge is 0.187 e. The molecule has 6 rings (SSSR count). The van der Waals surface area contributed by atoms with Crippen LogP contribution in [0.1, 0.15) is 32.1 Å². The lowest BCUT2D eigenvalue weighted by atomic mass is 9.72. The highest BCUT2D eigenvalue weighted by Gasteiger charge is 2.57. The first-order valence-electron chi connectivity index (χ1n) is 18.9. The quantitative estimate of drug-likeness (QED) is 0.0864. The summed E-state index contributed by atoms with van der Waals surface area (Å²) in [6, 6.07) is 0. The molecule has 21 nitrogen and oxygen atoms in total. The van der Waals surface area contributed by atoms with E-state index in [2.05, 4.69) is 0 Å². The molecule has 320 valence electrons. The van der Waals surface area contributed by atoms with E-state index in [1.165, 1.54) is 14.2 Å². The van der Waals surface area contributed by atoms with E-state index in [9.17, 15) is 61.3 Å². The van der Waals surface area contributed by atoms with Crippen LogP contribution in [-0.2, 0) is 37.9 Å². The van der Waals surface area contributed by atoms with Crippen molar-refractivity contribution in [3.63, 3.8) is 0 Å². The fourth-order valence-electron chi connectivity index (χ4n) is 8.93. The minimum Gasteiger partial charge on any atom is -0.427 e. The molecule has 0 radical (unpaired) electrons. The highest BCUT2D eigenvalue weighted by atomic mass is 16.7. The summed E-state index contributed by atoms with van der Waals surface area (Å²) in [7, 11) is 2.93. The zero-order chi connectivity index (χ0) is 39.9. The molecule has 6 aliphatic rings. The third-order valence-electron chi connectivity index (χ3n) is 12.2. The summed E-state index contributed by atoms with van der Waals surface area (Å²) in [5, 5.41) is 126. The Bertz CT molecular complexity index is 1190. The minimum atomic E-state index is -1.80. The van der Waals surface area contributed by atoms with Gasteiger partial charge in [0, 0.05) is 33.0 Å². The third-order valence-corrected chi connectivity index (χ3v) is 12.2. The highest BCUT2D eigenvalue weighted by Crippen LogP contribution is 2.44. The summed E-state index contributed by atoms with van der Waals surface area (Å²) in [6.07, 6.45) is -26.9. The summed E-state index contributed by atoms with van der Waals surface area (Å²) >= 11 is 0. The topological polar surface area (TPSA) is 329 Å². The number of ether oxygens (including phenoxy) is 9. The van der Waals surface area contributed by atoms with Gasteiger partial charge in [0.25, 0.3) is 0 Å². The predicted molar refractivity (Wildman–Crippen MR) is 177 cm³/mol. The molecule has 4 heterocycles. The van der Waals surface area contributed by atoms with Crippen molar-refractivity contribution >= 4 is 0 Å². The van der Waals surface area contributed by atoms with E-state index in [1.807, 2.05) is 0 Å². The number of fused-ring (bicyclic) bond motifs is 1. The lowest BCUT2D eigenvalue weighted by molar-refractivity contribution is -0.370. The zero-order valence-corrected chi connectivity index (χ0v) is 30.6. The Morgan fingerprint density at radius 2 is 1.13 bits per heavy atom. The van der Waals surface area contributed by atoms with Crippen LogP contribution in [0.5, 0.6) is 0 Å². The Morgan fingerprint density at radius 1 is 0.564 bits per heavy atom. The number of aliphatic hydroxyl groups is 14. The number of aliphatic hydroxyl groups excluding tert-OH is 12. The van der Waals surface area contributed by atoms with Gasteiger partial charge >= 0.3 is 0 Å². The molecule has 2 aliphatic carbocycles. The molecule has 0 aromatic rings. The van der Waals surface area contributed by atoms with Gasteiger partial charge in [-0.05, 0) is 19.3 Å². The van der Waals surface area contributed by atoms with Crippen molar-refractivity contribution in [1.29, 1.82) is 0 Å². The largest absolute Gasteiger partial charge is 0.427 e. The molecule has 13 N–H and O–H groups in total. The minimum absolute atomic E-state index is 0.0594. The van der Waals surface area contributed by atoms with Crippen LogP contribution in [0.25, 0.3) is 0 Å². The molecule has 2 saturated carbocycles. The summed E-state index contributed by atoms with van der Waals surface area (Å²) < 4.78 is 51.4. The van der Waals surface area contributed by atoms with Gasteiger partial charge in [0.1, 0.15) is 79.4 Å². The second-order valence-electron chi connectivity index (χ2n) is 15.6. The number of methoxy groups -OCH3 is 2. The fraction of sp³-hybridized carbons (Fsp3) is 1.00. The van der Waals surface area contributed by atoms with Crippen molar-refractivity contribution in [2.75, 3.05) is 34.0 Å². The first kappa shape index (κ1) is 43.7. The van der Waals surface area contributed by atoms with Crippen LogP contribution in [0.4, 0.5) is 0 Å². The summed E-state index contributed by atoms with van der Waals surface area (Å²) in [4.78, 5) is 0. The van der Waals surface area contributed by atoms with Crippen molar-refractivity contribution in [2.45, 2.75) is 167 Å². The van der Waals surface area contributed by atoms with Crippen LogP contribution in [0.2, 0.25) is 0 Å². The second kappa shape index (κ2) is 18.6. The van der Waals surface area contributed by atoms with Crippen LogP contribution in [-0.4, -0.2) is 235 Å². The summed E-state index contributed by atoms with van der Waals surface area (Å²) in [6.45, 7) is -1.52. The molecular formula is C34H59O21+. The van der Waals surface area contributed by atoms with E-state index in [4.69, 9.17) is 42.6 Å².